The Kier molecular flexibility index (Phi) is 13.7. The molecule has 0 radical (unpaired) electrons. The summed E-state index contributed by atoms with van der Waals surface area (Å²) in [4.78, 5) is 5.37. The number of hydrogen-bond donors (Lipinski definition) is 1. The number of halogens is 2. The Hall–Kier alpha value is -1.36. The second-order valence-corrected chi connectivity index (χ2v) is 7.46. The van der Waals surface area contributed by atoms with Crippen LogP contribution in [0.25, 0.3) is 0 Å². The third-order valence-corrected chi connectivity index (χ3v) is 4.38. The summed E-state index contributed by atoms with van der Waals surface area (Å²) in [5, 5.41) is 0. The van der Waals surface area contributed by atoms with Crippen molar-refractivity contribution in [3.63, 3.8) is 0 Å². The zero-order chi connectivity index (χ0) is 20.6. The van der Waals surface area contributed by atoms with Crippen LogP contribution < -0.4 is 15.0 Å². The molecule has 1 aromatic carbocycles. The van der Waals surface area contributed by atoms with Gasteiger partial charge in [0, 0.05) is 6.20 Å². The number of allylic oxidation sites excluding steroid dienone is 1. The smallest absolute Gasteiger partial charge is 0.125 e. The molecule has 28 heavy (non-hydrogen) atoms. The molecule has 158 valence electrons. The second-order valence-electron chi connectivity index (χ2n) is 6.45. The number of ether oxygens (including phenoxy) is 2. The van der Waals surface area contributed by atoms with Gasteiger partial charge in [-0.2, -0.15) is 0 Å². The molecule has 4 nitrogen and oxygen atoms in total. The number of benzene rings is 1. The second kappa shape index (κ2) is 15.5. The summed E-state index contributed by atoms with van der Waals surface area (Å²) >= 11 is 11.2. The summed E-state index contributed by atoms with van der Waals surface area (Å²) in [6, 6.07) is 3.98. The Labute approximate surface area is 179 Å². The first-order valence-electron chi connectivity index (χ1n) is 10.0. The Morgan fingerprint density at radius 3 is 2.57 bits per heavy atom. The summed E-state index contributed by atoms with van der Waals surface area (Å²) in [6.45, 7) is 7.98. The van der Waals surface area contributed by atoms with Crippen LogP contribution in [0.1, 0.15) is 57.1 Å². The molecule has 0 heterocycles. The molecule has 0 unspecified atom stereocenters. The SMILES string of the molecule is CCCCC=CNOCCCCOc1c(C)cc(OCC=C(Cl)Cl)cc1CC. The fourth-order valence-corrected chi connectivity index (χ4v) is 2.70. The number of nitrogens with one attached hydrogen (secondary N) is 1. The summed E-state index contributed by atoms with van der Waals surface area (Å²) in [7, 11) is 0. The van der Waals surface area contributed by atoms with Crippen LogP contribution in [-0.2, 0) is 11.3 Å². The number of rotatable bonds is 15. The largest absolute Gasteiger partial charge is 0.493 e. The normalized spacial score (nSPS) is 10.9. The quantitative estimate of drug-likeness (QED) is 0.250. The van der Waals surface area contributed by atoms with E-state index >= 15 is 0 Å². The van der Waals surface area contributed by atoms with E-state index < -0.39 is 0 Å². The van der Waals surface area contributed by atoms with E-state index in [1.165, 1.54) is 12.8 Å². The van der Waals surface area contributed by atoms with Gasteiger partial charge in [-0.25, -0.2) is 0 Å². The average Bonchev–Trinajstić information content (AvgIpc) is 2.66. The Morgan fingerprint density at radius 1 is 1.07 bits per heavy atom. The van der Waals surface area contributed by atoms with Gasteiger partial charge < -0.3 is 9.47 Å². The number of hydroxylamine groups is 1. The highest BCUT2D eigenvalue weighted by molar-refractivity contribution is 6.55. The van der Waals surface area contributed by atoms with Gasteiger partial charge in [-0.3, -0.25) is 10.3 Å². The summed E-state index contributed by atoms with van der Waals surface area (Å²) < 4.78 is 11.9. The Balaban J connectivity index is 2.33. The lowest BCUT2D eigenvalue weighted by Crippen LogP contribution is -2.09. The molecule has 1 aromatic rings. The Morgan fingerprint density at radius 2 is 1.86 bits per heavy atom. The van der Waals surface area contributed by atoms with Gasteiger partial charge in [-0.15, -0.1) is 0 Å². The van der Waals surface area contributed by atoms with E-state index in [2.05, 4.69) is 25.4 Å². The first kappa shape index (κ1) is 24.7. The van der Waals surface area contributed by atoms with Gasteiger partial charge in [0.2, 0.25) is 0 Å². The molecule has 0 aliphatic carbocycles. The molecule has 0 aliphatic heterocycles. The predicted molar refractivity (Wildman–Crippen MR) is 118 cm³/mol. The van der Waals surface area contributed by atoms with Gasteiger partial charge in [-0.05, 0) is 61.9 Å². The van der Waals surface area contributed by atoms with E-state index in [-0.39, 0.29) is 4.49 Å². The summed E-state index contributed by atoms with van der Waals surface area (Å²) in [6.07, 6.45) is 11.8. The lowest BCUT2D eigenvalue weighted by Gasteiger charge is -2.15. The molecule has 0 saturated heterocycles. The van der Waals surface area contributed by atoms with Crippen LogP contribution in [0.4, 0.5) is 0 Å². The van der Waals surface area contributed by atoms with Crippen molar-refractivity contribution in [3.05, 3.63) is 46.1 Å². The monoisotopic (exact) mass is 429 g/mol. The highest BCUT2D eigenvalue weighted by Crippen LogP contribution is 2.30. The van der Waals surface area contributed by atoms with Crippen molar-refractivity contribution in [1.29, 1.82) is 0 Å². The molecule has 0 atom stereocenters. The van der Waals surface area contributed by atoms with Crippen LogP contribution >= 0.6 is 23.2 Å². The van der Waals surface area contributed by atoms with Crippen molar-refractivity contribution in [2.75, 3.05) is 19.8 Å². The highest BCUT2D eigenvalue weighted by atomic mass is 35.5. The van der Waals surface area contributed by atoms with Crippen molar-refractivity contribution in [1.82, 2.24) is 5.48 Å². The molecule has 1 rings (SSSR count). The van der Waals surface area contributed by atoms with Gasteiger partial charge in [0.1, 0.15) is 22.6 Å². The zero-order valence-corrected chi connectivity index (χ0v) is 18.7. The zero-order valence-electron chi connectivity index (χ0n) is 17.2. The van der Waals surface area contributed by atoms with Gasteiger partial charge in [0.05, 0.1) is 13.2 Å². The van der Waals surface area contributed by atoms with E-state index in [4.69, 9.17) is 37.5 Å². The predicted octanol–water partition coefficient (Wildman–Crippen LogP) is 6.64. The fraction of sp³-hybridized carbons (Fsp3) is 0.545. The van der Waals surface area contributed by atoms with Crippen molar-refractivity contribution >= 4 is 23.2 Å². The topological polar surface area (TPSA) is 39.7 Å². The molecule has 1 N–H and O–H groups in total. The summed E-state index contributed by atoms with van der Waals surface area (Å²) in [5.74, 6) is 1.73. The molecule has 0 saturated carbocycles. The van der Waals surface area contributed by atoms with Crippen LogP contribution in [0, 0.1) is 6.92 Å². The fourth-order valence-electron chi connectivity index (χ4n) is 2.58. The van der Waals surface area contributed by atoms with Crippen molar-refractivity contribution < 1.29 is 14.3 Å². The molecule has 0 aliphatic rings. The number of aryl methyl sites for hydroxylation is 2. The first-order chi connectivity index (χ1) is 13.6. The van der Waals surface area contributed by atoms with Crippen LogP contribution in [0.15, 0.2) is 35.0 Å². The molecular weight excluding hydrogens is 397 g/mol. The van der Waals surface area contributed by atoms with E-state index in [0.29, 0.717) is 19.8 Å². The lowest BCUT2D eigenvalue weighted by atomic mass is 10.1. The average molecular weight is 430 g/mol. The third-order valence-electron chi connectivity index (χ3n) is 4.07. The minimum absolute atomic E-state index is 0.207. The first-order valence-corrected chi connectivity index (χ1v) is 10.8. The maximum absolute atomic E-state index is 6.03. The standard InChI is InChI=1S/C22H33Cl2NO3/c1-4-6-7-8-12-25-28-14-10-9-13-27-22-18(3)16-20(17-19(22)5-2)26-15-11-21(23)24/h8,11-12,16-17,25H,4-7,9-10,13-15H2,1-3H3. The van der Waals surface area contributed by atoms with Crippen LogP contribution in [0.5, 0.6) is 11.5 Å². The lowest BCUT2D eigenvalue weighted by molar-refractivity contribution is 0.0661. The van der Waals surface area contributed by atoms with Gasteiger partial charge >= 0.3 is 0 Å². The van der Waals surface area contributed by atoms with Gasteiger partial charge in [0.15, 0.2) is 0 Å². The minimum Gasteiger partial charge on any atom is -0.493 e. The van der Waals surface area contributed by atoms with Gasteiger partial charge in [0.25, 0.3) is 0 Å². The van der Waals surface area contributed by atoms with E-state index in [1.807, 2.05) is 25.3 Å². The molecule has 0 aromatic heterocycles. The molecule has 0 bridgehead atoms. The van der Waals surface area contributed by atoms with E-state index in [9.17, 15) is 0 Å². The highest BCUT2D eigenvalue weighted by Gasteiger charge is 2.09. The Bertz CT molecular complexity index is 614. The molecule has 0 amide bonds. The molecule has 0 fully saturated rings. The maximum atomic E-state index is 6.03. The summed E-state index contributed by atoms with van der Waals surface area (Å²) in [5.41, 5.74) is 5.05. The van der Waals surface area contributed by atoms with Crippen molar-refractivity contribution in [2.24, 2.45) is 0 Å². The number of unbranched alkanes of at least 4 members (excludes halogenated alkanes) is 3. The van der Waals surface area contributed by atoms with Gasteiger partial charge in [-0.1, -0.05) is 56.0 Å². The maximum Gasteiger partial charge on any atom is 0.125 e. The van der Waals surface area contributed by atoms with Crippen LogP contribution in [0.3, 0.4) is 0 Å². The third kappa shape index (κ3) is 10.8. The molecule has 0 spiro atoms. The number of hydrogen-bond acceptors (Lipinski definition) is 4. The van der Waals surface area contributed by atoms with E-state index in [1.54, 1.807) is 6.08 Å². The molecule has 6 heteroatoms. The van der Waals surface area contributed by atoms with Crippen molar-refractivity contribution in [3.8, 4) is 11.5 Å². The van der Waals surface area contributed by atoms with Crippen molar-refractivity contribution in [2.45, 2.75) is 59.3 Å². The molecular formula is C22H33Cl2NO3. The van der Waals surface area contributed by atoms with Crippen LogP contribution in [0.2, 0.25) is 0 Å². The van der Waals surface area contributed by atoms with Crippen LogP contribution in [-0.4, -0.2) is 19.8 Å². The van der Waals surface area contributed by atoms with E-state index in [0.717, 1.165) is 48.3 Å². The minimum atomic E-state index is 0.207.